The lowest BCUT2D eigenvalue weighted by Crippen LogP contribution is -2.37. The number of fused-ring (bicyclic) bond motifs is 1. The molecule has 2 aromatic heterocycles. The number of nitrogens with zero attached hydrogens (tertiary/aromatic N) is 4. The van der Waals surface area contributed by atoms with E-state index >= 15 is 0 Å². The Morgan fingerprint density at radius 2 is 2.19 bits per heavy atom. The van der Waals surface area contributed by atoms with E-state index in [2.05, 4.69) is 28.0 Å². The molecule has 0 aliphatic carbocycles. The second-order valence-corrected chi connectivity index (χ2v) is 8.45. The summed E-state index contributed by atoms with van der Waals surface area (Å²) in [6.45, 7) is 6.28. The number of aromatic nitrogens is 3. The molecule has 3 heterocycles. The van der Waals surface area contributed by atoms with Crippen LogP contribution in [0.1, 0.15) is 49.0 Å². The average Bonchev–Trinajstić information content (AvgIpc) is 3.17. The number of likely N-dealkylation sites (tertiary alicyclic amines) is 1. The summed E-state index contributed by atoms with van der Waals surface area (Å²) in [5, 5.41) is 16.1. The summed E-state index contributed by atoms with van der Waals surface area (Å²) in [5.41, 5.74) is 1.03. The Bertz CT molecular complexity index is 922. The topological polar surface area (TPSA) is 53.7 Å². The second-order valence-electron chi connectivity index (χ2n) is 7.03. The van der Waals surface area contributed by atoms with E-state index in [1.807, 2.05) is 25.1 Å². The Labute approximate surface area is 162 Å². The summed E-state index contributed by atoms with van der Waals surface area (Å²) in [6.07, 6.45) is 3.15. The Kier molecular flexibility index (Phi) is 4.90. The van der Waals surface area contributed by atoms with E-state index in [4.69, 9.17) is 11.6 Å². The van der Waals surface area contributed by atoms with E-state index in [1.54, 1.807) is 4.52 Å². The molecule has 1 fully saturated rings. The van der Waals surface area contributed by atoms with E-state index in [0.29, 0.717) is 5.92 Å². The molecule has 3 aromatic rings. The predicted octanol–water partition coefficient (Wildman–Crippen LogP) is 4.53. The first-order chi connectivity index (χ1) is 12.6. The van der Waals surface area contributed by atoms with E-state index in [1.165, 1.54) is 17.8 Å². The molecule has 0 amide bonds. The first kappa shape index (κ1) is 17.8. The number of aryl methyl sites for hydroxylation is 1. The third kappa shape index (κ3) is 3.10. The van der Waals surface area contributed by atoms with Crippen LogP contribution in [0.15, 0.2) is 24.3 Å². The van der Waals surface area contributed by atoms with Crippen LogP contribution in [-0.4, -0.2) is 37.7 Å². The first-order valence-electron chi connectivity index (χ1n) is 9.14. The highest BCUT2D eigenvalue weighted by Gasteiger charge is 2.32. The minimum absolute atomic E-state index is 0.0787. The standard InChI is InChI=1S/C19H23ClN4OS/c1-3-15-21-19-24(22-15)18(25)17(26-19)16(13-8-4-5-9-14(13)20)23-10-6-7-12(2)11-23/h4-5,8-9,12,16,25H,3,6-7,10-11H2,1-2H3/t12-,16-/m0/s1. The molecule has 7 heteroatoms. The molecule has 5 nitrogen and oxygen atoms in total. The third-order valence-electron chi connectivity index (χ3n) is 5.06. The molecule has 1 aromatic carbocycles. The number of halogens is 1. The van der Waals surface area contributed by atoms with Crippen LogP contribution in [0.4, 0.5) is 0 Å². The lowest BCUT2D eigenvalue weighted by molar-refractivity contribution is 0.149. The maximum Gasteiger partial charge on any atom is 0.230 e. The van der Waals surface area contributed by atoms with Gasteiger partial charge in [-0.1, -0.05) is 55.0 Å². The van der Waals surface area contributed by atoms with Crippen molar-refractivity contribution in [1.82, 2.24) is 19.5 Å². The first-order valence-corrected chi connectivity index (χ1v) is 10.3. The van der Waals surface area contributed by atoms with Crippen molar-refractivity contribution in [3.8, 4) is 5.88 Å². The van der Waals surface area contributed by atoms with Gasteiger partial charge in [0.15, 0.2) is 5.82 Å². The Hall–Kier alpha value is -1.63. The lowest BCUT2D eigenvalue weighted by atomic mass is 9.95. The van der Waals surface area contributed by atoms with E-state index in [-0.39, 0.29) is 11.9 Å². The average molecular weight is 391 g/mol. The van der Waals surface area contributed by atoms with Crippen LogP contribution in [0.5, 0.6) is 5.88 Å². The van der Waals surface area contributed by atoms with Gasteiger partial charge in [-0.2, -0.15) is 4.52 Å². The molecule has 0 unspecified atom stereocenters. The molecule has 1 N–H and O–H groups in total. The van der Waals surface area contributed by atoms with Crippen molar-refractivity contribution in [1.29, 1.82) is 0 Å². The number of piperidine rings is 1. The number of rotatable bonds is 4. The van der Waals surface area contributed by atoms with E-state index in [9.17, 15) is 5.11 Å². The second kappa shape index (κ2) is 7.18. The van der Waals surface area contributed by atoms with Crippen molar-refractivity contribution in [3.63, 3.8) is 0 Å². The van der Waals surface area contributed by atoms with Crippen LogP contribution in [0.25, 0.3) is 4.96 Å². The number of thiazole rings is 1. The molecular formula is C19H23ClN4OS. The lowest BCUT2D eigenvalue weighted by Gasteiger charge is -2.37. The minimum atomic E-state index is -0.0787. The zero-order valence-corrected chi connectivity index (χ0v) is 16.6. The van der Waals surface area contributed by atoms with Crippen LogP contribution in [0.3, 0.4) is 0 Å². The Morgan fingerprint density at radius 1 is 1.38 bits per heavy atom. The van der Waals surface area contributed by atoms with Gasteiger partial charge in [0.1, 0.15) is 0 Å². The van der Waals surface area contributed by atoms with Gasteiger partial charge in [-0.25, -0.2) is 4.98 Å². The fourth-order valence-electron chi connectivity index (χ4n) is 3.78. The number of hydrogen-bond acceptors (Lipinski definition) is 5. The highest BCUT2D eigenvalue weighted by Crippen LogP contribution is 2.43. The SMILES string of the molecule is CCc1nc2sc([C@H](c3ccccc3Cl)N3CCC[C@H](C)C3)c(O)n2n1. The van der Waals surface area contributed by atoms with Gasteiger partial charge in [0, 0.05) is 18.0 Å². The van der Waals surface area contributed by atoms with Gasteiger partial charge < -0.3 is 5.11 Å². The Balaban J connectivity index is 1.84. The van der Waals surface area contributed by atoms with Gasteiger partial charge in [0.25, 0.3) is 0 Å². The van der Waals surface area contributed by atoms with Gasteiger partial charge in [-0.05, 0) is 36.9 Å². The number of benzene rings is 1. The molecule has 0 spiro atoms. The summed E-state index contributed by atoms with van der Waals surface area (Å²) in [7, 11) is 0. The minimum Gasteiger partial charge on any atom is -0.492 e. The smallest absolute Gasteiger partial charge is 0.230 e. The van der Waals surface area contributed by atoms with Crippen LogP contribution in [-0.2, 0) is 6.42 Å². The summed E-state index contributed by atoms with van der Waals surface area (Å²) < 4.78 is 1.57. The van der Waals surface area contributed by atoms with Gasteiger partial charge in [0.05, 0.1) is 10.9 Å². The zero-order chi connectivity index (χ0) is 18.3. The van der Waals surface area contributed by atoms with Crippen molar-refractivity contribution in [2.45, 2.75) is 39.2 Å². The normalized spacial score (nSPS) is 19.9. The molecule has 1 saturated heterocycles. The fourth-order valence-corrected chi connectivity index (χ4v) is 5.15. The quantitative estimate of drug-likeness (QED) is 0.710. The molecule has 1 aliphatic heterocycles. The van der Waals surface area contributed by atoms with Gasteiger partial charge in [0.2, 0.25) is 10.8 Å². The van der Waals surface area contributed by atoms with Crippen LogP contribution < -0.4 is 0 Å². The predicted molar refractivity (Wildman–Crippen MR) is 105 cm³/mol. The van der Waals surface area contributed by atoms with Crippen LogP contribution >= 0.6 is 22.9 Å². The van der Waals surface area contributed by atoms with Crippen LogP contribution in [0.2, 0.25) is 5.02 Å². The van der Waals surface area contributed by atoms with Gasteiger partial charge >= 0.3 is 0 Å². The molecule has 4 rings (SSSR count). The molecule has 0 saturated carbocycles. The Morgan fingerprint density at radius 3 is 2.88 bits per heavy atom. The van der Waals surface area contributed by atoms with Gasteiger partial charge in [-0.3, -0.25) is 4.90 Å². The van der Waals surface area contributed by atoms with Crippen molar-refractivity contribution < 1.29 is 5.11 Å². The monoisotopic (exact) mass is 390 g/mol. The molecule has 0 bridgehead atoms. The fraction of sp³-hybridized carbons (Fsp3) is 0.474. The zero-order valence-electron chi connectivity index (χ0n) is 15.0. The maximum atomic E-state index is 10.9. The van der Waals surface area contributed by atoms with Crippen LogP contribution in [0, 0.1) is 5.92 Å². The summed E-state index contributed by atoms with van der Waals surface area (Å²) in [4.78, 5) is 8.56. The van der Waals surface area contributed by atoms with Crippen molar-refractivity contribution in [2.24, 2.45) is 5.92 Å². The molecule has 2 atom stereocenters. The third-order valence-corrected chi connectivity index (χ3v) is 6.48. The maximum absolute atomic E-state index is 10.9. The number of hydrogen-bond donors (Lipinski definition) is 1. The molecule has 26 heavy (non-hydrogen) atoms. The van der Waals surface area contributed by atoms with Crippen molar-refractivity contribution in [3.05, 3.63) is 45.6 Å². The molecule has 1 aliphatic rings. The number of aromatic hydroxyl groups is 1. The highest BCUT2D eigenvalue weighted by atomic mass is 35.5. The summed E-state index contributed by atoms with van der Waals surface area (Å²) >= 11 is 8.06. The summed E-state index contributed by atoms with van der Waals surface area (Å²) in [5.74, 6) is 1.56. The highest BCUT2D eigenvalue weighted by molar-refractivity contribution is 7.17. The van der Waals surface area contributed by atoms with E-state index in [0.717, 1.165) is 52.2 Å². The molecule has 138 valence electrons. The molecular weight excluding hydrogens is 368 g/mol. The van der Waals surface area contributed by atoms with Crippen molar-refractivity contribution in [2.75, 3.05) is 13.1 Å². The summed E-state index contributed by atoms with van der Waals surface area (Å²) in [6, 6.07) is 7.84. The van der Waals surface area contributed by atoms with E-state index < -0.39 is 0 Å². The van der Waals surface area contributed by atoms with Crippen molar-refractivity contribution >= 4 is 27.9 Å². The van der Waals surface area contributed by atoms with Gasteiger partial charge in [-0.15, -0.1) is 5.10 Å². The molecule has 0 radical (unpaired) electrons. The largest absolute Gasteiger partial charge is 0.492 e.